The minimum atomic E-state index is -0.606. The van der Waals surface area contributed by atoms with Crippen LogP contribution in [0.2, 0.25) is 0 Å². The van der Waals surface area contributed by atoms with E-state index in [1.54, 1.807) is 0 Å². The zero-order valence-corrected chi connectivity index (χ0v) is 9.55. The average molecular weight is 231 g/mol. The summed E-state index contributed by atoms with van der Waals surface area (Å²) < 4.78 is 11.0. The largest absolute Gasteiger partial charge is 0.389 e. The summed E-state index contributed by atoms with van der Waals surface area (Å²) in [5, 5.41) is 18.7. The van der Waals surface area contributed by atoms with Gasteiger partial charge in [-0.15, -0.1) is 0 Å². The van der Waals surface area contributed by atoms with Gasteiger partial charge < -0.3 is 19.7 Å². The molecule has 0 aromatic rings. The molecule has 2 aliphatic rings. The van der Waals surface area contributed by atoms with Crippen LogP contribution in [-0.4, -0.2) is 66.5 Å². The number of ether oxygens (including phenoxy) is 2. The molecule has 94 valence electrons. The minimum absolute atomic E-state index is 0.0498. The Bertz CT molecular complexity index is 198. The highest BCUT2D eigenvalue weighted by molar-refractivity contribution is 4.82. The third-order valence-electron chi connectivity index (χ3n) is 3.18. The van der Waals surface area contributed by atoms with Crippen LogP contribution in [0.15, 0.2) is 0 Å². The molecule has 0 saturated carbocycles. The van der Waals surface area contributed by atoms with Crippen molar-refractivity contribution in [1.82, 2.24) is 4.90 Å². The van der Waals surface area contributed by atoms with Gasteiger partial charge in [-0.2, -0.15) is 0 Å². The van der Waals surface area contributed by atoms with Crippen LogP contribution >= 0.6 is 0 Å². The number of hydrogen-bond donors (Lipinski definition) is 2. The fraction of sp³-hybridized carbons (Fsp3) is 1.00. The normalized spacial score (nSPS) is 36.8. The highest BCUT2D eigenvalue weighted by Gasteiger charge is 2.29. The number of hydrogen-bond acceptors (Lipinski definition) is 5. The highest BCUT2D eigenvalue weighted by atomic mass is 16.7. The van der Waals surface area contributed by atoms with Crippen LogP contribution in [0.3, 0.4) is 0 Å². The van der Waals surface area contributed by atoms with Crippen molar-refractivity contribution in [2.75, 3.05) is 32.8 Å². The second-order valence-electron chi connectivity index (χ2n) is 4.56. The van der Waals surface area contributed by atoms with E-state index in [1.807, 2.05) is 4.90 Å². The molecule has 0 radical (unpaired) electrons. The molecule has 2 heterocycles. The molecule has 0 aliphatic carbocycles. The zero-order valence-electron chi connectivity index (χ0n) is 9.55. The molecule has 0 amide bonds. The van der Waals surface area contributed by atoms with Crippen molar-refractivity contribution in [1.29, 1.82) is 0 Å². The summed E-state index contributed by atoms with van der Waals surface area (Å²) in [5.74, 6) is 0. The van der Waals surface area contributed by atoms with Gasteiger partial charge in [-0.3, -0.25) is 4.90 Å². The monoisotopic (exact) mass is 231 g/mol. The van der Waals surface area contributed by atoms with Crippen molar-refractivity contribution in [2.24, 2.45) is 0 Å². The fourth-order valence-electron chi connectivity index (χ4n) is 2.19. The first-order valence-corrected chi connectivity index (χ1v) is 6.07. The number of likely N-dealkylation sites (tertiary alicyclic amines) is 1. The molecule has 2 saturated heterocycles. The van der Waals surface area contributed by atoms with Crippen LogP contribution in [-0.2, 0) is 9.47 Å². The third kappa shape index (κ3) is 3.40. The Morgan fingerprint density at radius 2 is 1.94 bits per heavy atom. The Morgan fingerprint density at radius 1 is 1.19 bits per heavy atom. The third-order valence-corrected chi connectivity index (χ3v) is 3.18. The Balaban J connectivity index is 1.57. The number of aliphatic hydroxyl groups excluding tert-OH is 2. The van der Waals surface area contributed by atoms with Crippen molar-refractivity contribution >= 4 is 0 Å². The maximum absolute atomic E-state index is 9.36. The van der Waals surface area contributed by atoms with Gasteiger partial charge in [0.15, 0.2) is 6.29 Å². The van der Waals surface area contributed by atoms with Crippen molar-refractivity contribution in [3.8, 4) is 0 Å². The van der Waals surface area contributed by atoms with Gasteiger partial charge in [0, 0.05) is 26.2 Å². The smallest absolute Gasteiger partial charge is 0.157 e. The number of β-amino-alcohol motifs (C(OH)–C–C–N with tert-alkyl or cyclic N) is 2. The molecule has 0 aromatic carbocycles. The number of aliphatic hydroxyl groups is 2. The van der Waals surface area contributed by atoms with Crippen LogP contribution in [0, 0.1) is 0 Å². The van der Waals surface area contributed by atoms with Crippen molar-refractivity contribution in [2.45, 2.75) is 37.8 Å². The molecule has 0 spiro atoms. The summed E-state index contributed by atoms with van der Waals surface area (Å²) in [5.41, 5.74) is 0. The summed E-state index contributed by atoms with van der Waals surface area (Å²) >= 11 is 0. The number of nitrogens with zero attached hydrogens (tertiary/aromatic N) is 1. The average Bonchev–Trinajstić information content (AvgIpc) is 2.60. The lowest BCUT2D eigenvalue weighted by molar-refractivity contribution is -0.164. The highest BCUT2D eigenvalue weighted by Crippen LogP contribution is 2.14. The first kappa shape index (κ1) is 12.3. The molecule has 2 rings (SSSR count). The van der Waals surface area contributed by atoms with E-state index >= 15 is 0 Å². The van der Waals surface area contributed by atoms with E-state index in [4.69, 9.17) is 9.47 Å². The first-order chi connectivity index (χ1) is 7.75. The van der Waals surface area contributed by atoms with Gasteiger partial charge in [-0.1, -0.05) is 0 Å². The van der Waals surface area contributed by atoms with Gasteiger partial charge in [-0.25, -0.2) is 0 Å². The second-order valence-corrected chi connectivity index (χ2v) is 4.56. The molecule has 3 atom stereocenters. The summed E-state index contributed by atoms with van der Waals surface area (Å²) in [7, 11) is 0. The maximum Gasteiger partial charge on any atom is 0.157 e. The fourth-order valence-corrected chi connectivity index (χ4v) is 2.19. The standard InChI is InChI=1S/C11H21NO4/c13-9-7-12(8-10(9)14)4-6-16-11-3-1-2-5-15-11/h9-11,13-14H,1-8H2. The molecule has 0 bridgehead atoms. The van der Waals surface area contributed by atoms with E-state index in [0.29, 0.717) is 19.7 Å². The lowest BCUT2D eigenvalue weighted by atomic mass is 10.2. The molecule has 5 nitrogen and oxygen atoms in total. The summed E-state index contributed by atoms with van der Waals surface area (Å²) in [6, 6.07) is 0. The molecule has 2 fully saturated rings. The van der Waals surface area contributed by atoms with Gasteiger partial charge >= 0.3 is 0 Å². The molecular formula is C11H21NO4. The van der Waals surface area contributed by atoms with Gasteiger partial charge in [0.2, 0.25) is 0 Å². The summed E-state index contributed by atoms with van der Waals surface area (Å²) in [4.78, 5) is 2.01. The molecule has 2 N–H and O–H groups in total. The Kier molecular flexibility index (Phi) is 4.55. The van der Waals surface area contributed by atoms with Gasteiger partial charge in [0.25, 0.3) is 0 Å². The van der Waals surface area contributed by atoms with E-state index in [0.717, 1.165) is 26.0 Å². The van der Waals surface area contributed by atoms with E-state index in [1.165, 1.54) is 6.42 Å². The van der Waals surface area contributed by atoms with Crippen molar-refractivity contribution < 1.29 is 19.7 Å². The van der Waals surface area contributed by atoms with Crippen LogP contribution in [0.1, 0.15) is 19.3 Å². The van der Waals surface area contributed by atoms with Gasteiger partial charge in [-0.05, 0) is 19.3 Å². The minimum Gasteiger partial charge on any atom is -0.389 e. The van der Waals surface area contributed by atoms with Crippen molar-refractivity contribution in [3.05, 3.63) is 0 Å². The lowest BCUT2D eigenvalue weighted by Crippen LogP contribution is -2.30. The van der Waals surface area contributed by atoms with Crippen molar-refractivity contribution in [3.63, 3.8) is 0 Å². The van der Waals surface area contributed by atoms with Crippen LogP contribution < -0.4 is 0 Å². The second kappa shape index (κ2) is 5.93. The molecule has 16 heavy (non-hydrogen) atoms. The Morgan fingerprint density at radius 3 is 2.56 bits per heavy atom. The number of rotatable bonds is 4. The van der Waals surface area contributed by atoms with Crippen LogP contribution in [0.25, 0.3) is 0 Å². The molecule has 5 heteroatoms. The van der Waals surface area contributed by atoms with E-state index in [2.05, 4.69) is 0 Å². The zero-order chi connectivity index (χ0) is 11.4. The lowest BCUT2D eigenvalue weighted by Gasteiger charge is -2.24. The molecule has 0 aromatic heterocycles. The van der Waals surface area contributed by atoms with E-state index < -0.39 is 12.2 Å². The van der Waals surface area contributed by atoms with E-state index in [-0.39, 0.29) is 6.29 Å². The predicted molar refractivity (Wildman–Crippen MR) is 58.0 cm³/mol. The quantitative estimate of drug-likeness (QED) is 0.687. The Labute approximate surface area is 96.0 Å². The molecule has 3 unspecified atom stereocenters. The van der Waals surface area contributed by atoms with E-state index in [9.17, 15) is 10.2 Å². The molecular weight excluding hydrogens is 210 g/mol. The van der Waals surface area contributed by atoms with Gasteiger partial charge in [0.05, 0.1) is 18.8 Å². The van der Waals surface area contributed by atoms with Gasteiger partial charge in [0.1, 0.15) is 0 Å². The maximum atomic E-state index is 9.36. The SMILES string of the molecule is OC1CN(CCOC2CCCCO2)CC1O. The Hall–Kier alpha value is -0.200. The predicted octanol–water partition coefficient (Wildman–Crippen LogP) is -0.433. The van der Waals surface area contributed by atoms with Crippen LogP contribution in [0.5, 0.6) is 0 Å². The van der Waals surface area contributed by atoms with Crippen LogP contribution in [0.4, 0.5) is 0 Å². The summed E-state index contributed by atoms with van der Waals surface area (Å²) in [6.45, 7) is 3.22. The summed E-state index contributed by atoms with van der Waals surface area (Å²) in [6.07, 6.45) is 2.02. The first-order valence-electron chi connectivity index (χ1n) is 6.07. The molecule has 2 aliphatic heterocycles. The topological polar surface area (TPSA) is 62.2 Å².